The molecule has 5 nitrogen and oxygen atoms in total. The zero-order valence-corrected chi connectivity index (χ0v) is 17.7. The van der Waals surface area contributed by atoms with Crippen molar-refractivity contribution in [3.05, 3.63) is 65.2 Å². The van der Waals surface area contributed by atoms with Crippen LogP contribution in [-0.2, 0) is 4.79 Å². The van der Waals surface area contributed by atoms with Gasteiger partial charge in [-0.25, -0.2) is 0 Å². The molecular weight excluding hydrogens is 386 g/mol. The number of carbonyl (C=O) groups excluding carboxylic acids is 2. The normalized spacial score (nSPS) is 16.2. The summed E-state index contributed by atoms with van der Waals surface area (Å²) in [5, 5.41) is 3.68. The van der Waals surface area contributed by atoms with E-state index in [9.17, 15) is 9.59 Å². The molecule has 1 saturated heterocycles. The Labute approximate surface area is 177 Å². The monoisotopic (exact) mass is 413 g/mol. The summed E-state index contributed by atoms with van der Waals surface area (Å²) in [6, 6.07) is 16.3. The van der Waals surface area contributed by atoms with E-state index < -0.39 is 6.04 Å². The van der Waals surface area contributed by atoms with Gasteiger partial charge >= 0.3 is 0 Å². The van der Waals surface area contributed by atoms with Gasteiger partial charge in [0.05, 0.1) is 0 Å². The number of benzene rings is 2. The second kappa shape index (κ2) is 9.79. The van der Waals surface area contributed by atoms with Crippen molar-refractivity contribution in [2.24, 2.45) is 5.92 Å². The highest BCUT2D eigenvalue weighted by atomic mass is 35.5. The summed E-state index contributed by atoms with van der Waals surface area (Å²) >= 11 is 6.10. The number of anilines is 1. The maximum Gasteiger partial charge on any atom is 0.251 e. The lowest BCUT2D eigenvalue weighted by Gasteiger charge is -2.38. The molecule has 1 N–H and O–H groups in total. The van der Waals surface area contributed by atoms with E-state index in [1.54, 1.807) is 12.1 Å². The molecule has 2 aromatic carbocycles. The predicted molar refractivity (Wildman–Crippen MR) is 117 cm³/mol. The molecular formula is C23H28ClN3O2. The first-order valence-electron chi connectivity index (χ1n) is 10.1. The van der Waals surface area contributed by atoms with E-state index in [1.807, 2.05) is 61.2 Å². The molecule has 2 aromatic rings. The van der Waals surface area contributed by atoms with Crippen LogP contribution in [0.1, 0.15) is 30.6 Å². The molecule has 3 rings (SSSR count). The third-order valence-electron chi connectivity index (χ3n) is 5.57. The summed E-state index contributed by atoms with van der Waals surface area (Å²) in [6.45, 7) is 6.78. The van der Waals surface area contributed by atoms with Gasteiger partial charge in [0.25, 0.3) is 5.91 Å². The Bertz CT molecular complexity index is 835. The second-order valence-corrected chi connectivity index (χ2v) is 7.93. The third kappa shape index (κ3) is 5.30. The zero-order valence-electron chi connectivity index (χ0n) is 17.0. The van der Waals surface area contributed by atoms with Gasteiger partial charge in [-0.05, 0) is 36.2 Å². The number of hydrogen-bond acceptors (Lipinski definition) is 3. The number of nitrogens with one attached hydrogen (secondary N) is 1. The van der Waals surface area contributed by atoms with Crippen molar-refractivity contribution in [2.45, 2.75) is 26.3 Å². The van der Waals surface area contributed by atoms with Crippen LogP contribution in [0.2, 0.25) is 5.02 Å². The van der Waals surface area contributed by atoms with Crippen LogP contribution in [0.4, 0.5) is 5.69 Å². The fourth-order valence-electron chi connectivity index (χ4n) is 3.55. The Hall–Kier alpha value is -2.53. The quantitative estimate of drug-likeness (QED) is 0.782. The van der Waals surface area contributed by atoms with Gasteiger partial charge in [-0.2, -0.15) is 0 Å². The van der Waals surface area contributed by atoms with Gasteiger partial charge in [0.1, 0.15) is 6.04 Å². The number of rotatable bonds is 6. The molecule has 0 aromatic heterocycles. The van der Waals surface area contributed by atoms with Crippen molar-refractivity contribution >= 4 is 29.1 Å². The Morgan fingerprint density at radius 2 is 1.72 bits per heavy atom. The third-order valence-corrected chi connectivity index (χ3v) is 5.80. The van der Waals surface area contributed by atoms with Crippen LogP contribution in [0, 0.1) is 5.92 Å². The maximum atomic E-state index is 13.2. The minimum absolute atomic E-state index is 0.00521. The van der Waals surface area contributed by atoms with Crippen LogP contribution in [0.5, 0.6) is 0 Å². The summed E-state index contributed by atoms with van der Waals surface area (Å²) in [5.41, 5.74) is 1.64. The van der Waals surface area contributed by atoms with Crippen LogP contribution < -0.4 is 10.2 Å². The summed E-state index contributed by atoms with van der Waals surface area (Å²) in [4.78, 5) is 30.0. The average Bonchev–Trinajstić information content (AvgIpc) is 2.77. The lowest BCUT2D eigenvalue weighted by molar-refractivity contribution is -0.134. The van der Waals surface area contributed by atoms with Crippen LogP contribution in [0.25, 0.3) is 0 Å². The van der Waals surface area contributed by atoms with Crippen molar-refractivity contribution in [1.82, 2.24) is 10.2 Å². The molecule has 0 spiro atoms. The molecule has 0 radical (unpaired) electrons. The largest absolute Gasteiger partial charge is 0.368 e. The van der Waals surface area contributed by atoms with Gasteiger partial charge in [-0.1, -0.05) is 56.1 Å². The van der Waals surface area contributed by atoms with E-state index >= 15 is 0 Å². The topological polar surface area (TPSA) is 52.7 Å². The smallest absolute Gasteiger partial charge is 0.251 e. The van der Waals surface area contributed by atoms with Crippen LogP contribution in [0.15, 0.2) is 54.6 Å². The minimum atomic E-state index is -0.523. The van der Waals surface area contributed by atoms with Gasteiger partial charge < -0.3 is 15.1 Å². The predicted octanol–water partition coefficient (Wildman–Crippen LogP) is 3.83. The van der Waals surface area contributed by atoms with Gasteiger partial charge in [-0.3, -0.25) is 9.59 Å². The molecule has 0 aliphatic carbocycles. The SMILES string of the molecule is CC[C@H](C)[C@H](NC(=O)c1ccccc1)C(=O)N1CCN(c2cccc(Cl)c2)CC1. The molecule has 154 valence electrons. The van der Waals surface area contributed by atoms with Gasteiger partial charge in [-0.15, -0.1) is 0 Å². The molecule has 0 unspecified atom stereocenters. The number of piperazine rings is 1. The summed E-state index contributed by atoms with van der Waals surface area (Å²) in [5.74, 6) is -0.155. The standard InChI is InChI=1S/C23H28ClN3O2/c1-3-17(2)21(25-22(28)18-8-5-4-6-9-18)23(29)27-14-12-26(13-15-27)20-11-7-10-19(24)16-20/h4-11,16-17,21H,3,12-15H2,1-2H3,(H,25,28)/t17-,21-/m0/s1. The molecule has 2 atom stereocenters. The van der Waals surface area contributed by atoms with Crippen LogP contribution in [-0.4, -0.2) is 48.9 Å². The number of hydrogen-bond donors (Lipinski definition) is 1. The maximum absolute atomic E-state index is 13.2. The van der Waals surface area contributed by atoms with Crippen molar-refractivity contribution in [3.63, 3.8) is 0 Å². The fourth-order valence-corrected chi connectivity index (χ4v) is 3.74. The van der Waals surface area contributed by atoms with Crippen LogP contribution >= 0.6 is 11.6 Å². The van der Waals surface area contributed by atoms with Crippen LogP contribution in [0.3, 0.4) is 0 Å². The number of amides is 2. The summed E-state index contributed by atoms with van der Waals surface area (Å²) in [6.07, 6.45) is 0.813. The Morgan fingerprint density at radius 1 is 1.03 bits per heavy atom. The molecule has 2 amide bonds. The summed E-state index contributed by atoms with van der Waals surface area (Å²) < 4.78 is 0. The molecule has 1 aliphatic rings. The fraction of sp³-hybridized carbons (Fsp3) is 0.391. The van der Waals surface area contributed by atoms with Crippen molar-refractivity contribution < 1.29 is 9.59 Å². The van der Waals surface area contributed by atoms with E-state index in [1.165, 1.54) is 0 Å². The minimum Gasteiger partial charge on any atom is -0.368 e. The van der Waals surface area contributed by atoms with Gasteiger partial charge in [0.15, 0.2) is 0 Å². The second-order valence-electron chi connectivity index (χ2n) is 7.49. The Morgan fingerprint density at radius 3 is 2.34 bits per heavy atom. The molecule has 1 aliphatic heterocycles. The van der Waals surface area contributed by atoms with Gasteiger partial charge in [0.2, 0.25) is 5.91 Å². The highest BCUT2D eigenvalue weighted by molar-refractivity contribution is 6.30. The lowest BCUT2D eigenvalue weighted by atomic mass is 9.97. The Kier molecular flexibility index (Phi) is 7.15. The molecule has 1 fully saturated rings. The van der Waals surface area contributed by atoms with E-state index in [0.717, 1.165) is 25.2 Å². The Balaban J connectivity index is 1.65. The lowest BCUT2D eigenvalue weighted by Crippen LogP contribution is -2.56. The molecule has 29 heavy (non-hydrogen) atoms. The first kappa shape index (κ1) is 21.2. The van der Waals surface area contributed by atoms with Crippen molar-refractivity contribution in [2.75, 3.05) is 31.1 Å². The highest BCUT2D eigenvalue weighted by Crippen LogP contribution is 2.21. The number of halogens is 1. The highest BCUT2D eigenvalue weighted by Gasteiger charge is 2.32. The molecule has 0 saturated carbocycles. The number of carbonyl (C=O) groups is 2. The van der Waals surface area contributed by atoms with E-state index in [4.69, 9.17) is 11.6 Å². The zero-order chi connectivity index (χ0) is 20.8. The first-order chi connectivity index (χ1) is 14.0. The van der Waals surface area contributed by atoms with E-state index in [-0.39, 0.29) is 17.7 Å². The molecule has 1 heterocycles. The molecule has 6 heteroatoms. The van der Waals surface area contributed by atoms with Crippen molar-refractivity contribution in [1.29, 1.82) is 0 Å². The number of nitrogens with zero attached hydrogens (tertiary/aromatic N) is 2. The van der Waals surface area contributed by atoms with Crippen molar-refractivity contribution in [3.8, 4) is 0 Å². The first-order valence-corrected chi connectivity index (χ1v) is 10.5. The summed E-state index contributed by atoms with van der Waals surface area (Å²) in [7, 11) is 0. The van der Waals surface area contributed by atoms with Gasteiger partial charge in [0, 0.05) is 42.5 Å². The average molecular weight is 414 g/mol. The molecule has 0 bridgehead atoms. The van der Waals surface area contributed by atoms with E-state index in [0.29, 0.717) is 23.7 Å². The van der Waals surface area contributed by atoms with E-state index in [2.05, 4.69) is 10.2 Å².